The summed E-state index contributed by atoms with van der Waals surface area (Å²) in [6.07, 6.45) is 1.20. The molecule has 1 aromatic rings. The number of rotatable bonds is 3. The van der Waals surface area contributed by atoms with Crippen LogP contribution in [0.5, 0.6) is 0 Å². The summed E-state index contributed by atoms with van der Waals surface area (Å²) in [5.74, 6) is 0.125. The maximum absolute atomic E-state index is 12.4. The van der Waals surface area contributed by atoms with E-state index in [1.807, 2.05) is 40.1 Å². The summed E-state index contributed by atoms with van der Waals surface area (Å²) in [7, 11) is 0. The lowest BCUT2D eigenvalue weighted by Gasteiger charge is -2.22. The van der Waals surface area contributed by atoms with E-state index < -0.39 is 0 Å². The average molecular weight is 275 g/mol. The lowest BCUT2D eigenvalue weighted by atomic mass is 10.2. The Kier molecular flexibility index (Phi) is 5.12. The Morgan fingerprint density at radius 2 is 1.65 bits per heavy atom. The van der Waals surface area contributed by atoms with E-state index in [0.717, 1.165) is 6.42 Å². The van der Waals surface area contributed by atoms with Crippen LogP contribution < -0.4 is 5.73 Å². The minimum atomic E-state index is 0.0405. The van der Waals surface area contributed by atoms with E-state index >= 15 is 0 Å². The van der Waals surface area contributed by atoms with E-state index in [0.29, 0.717) is 44.7 Å². The number of benzene rings is 1. The molecule has 0 spiro atoms. The smallest absolute Gasteiger partial charge is 0.253 e. The van der Waals surface area contributed by atoms with Gasteiger partial charge >= 0.3 is 0 Å². The fourth-order valence-corrected chi connectivity index (χ4v) is 2.41. The molecule has 2 amide bonds. The molecule has 108 valence electrons. The minimum Gasteiger partial charge on any atom is -0.341 e. The molecule has 0 radical (unpaired) electrons. The first-order chi connectivity index (χ1) is 9.72. The SMILES string of the molecule is NCCC(=O)N1CCCN(C(=O)c2ccccc2)CC1. The van der Waals surface area contributed by atoms with Crippen LogP contribution in [0.25, 0.3) is 0 Å². The zero-order valence-corrected chi connectivity index (χ0v) is 11.6. The number of carbonyl (C=O) groups excluding carboxylic acids is 2. The number of hydrogen-bond donors (Lipinski definition) is 1. The van der Waals surface area contributed by atoms with Gasteiger partial charge in [0, 0.05) is 44.7 Å². The molecule has 1 aliphatic heterocycles. The molecule has 5 heteroatoms. The Morgan fingerprint density at radius 3 is 2.35 bits per heavy atom. The number of nitrogens with two attached hydrogens (primary N) is 1. The van der Waals surface area contributed by atoms with Crippen LogP contribution in [0.15, 0.2) is 30.3 Å². The second-order valence-corrected chi connectivity index (χ2v) is 4.93. The van der Waals surface area contributed by atoms with Crippen LogP contribution in [-0.4, -0.2) is 54.3 Å². The van der Waals surface area contributed by atoms with Crippen molar-refractivity contribution in [3.05, 3.63) is 35.9 Å². The Bertz CT molecular complexity index is 461. The first-order valence-electron chi connectivity index (χ1n) is 7.04. The van der Waals surface area contributed by atoms with Crippen molar-refractivity contribution in [2.75, 3.05) is 32.7 Å². The van der Waals surface area contributed by atoms with Crippen molar-refractivity contribution >= 4 is 11.8 Å². The quantitative estimate of drug-likeness (QED) is 0.883. The molecule has 0 saturated carbocycles. The average Bonchev–Trinajstić information content (AvgIpc) is 2.73. The highest BCUT2D eigenvalue weighted by Gasteiger charge is 2.22. The number of hydrogen-bond acceptors (Lipinski definition) is 3. The van der Waals surface area contributed by atoms with Gasteiger partial charge in [0.25, 0.3) is 5.91 Å². The third-order valence-electron chi connectivity index (χ3n) is 3.51. The fourth-order valence-electron chi connectivity index (χ4n) is 2.41. The normalized spacial score (nSPS) is 15.8. The van der Waals surface area contributed by atoms with Gasteiger partial charge in [0.2, 0.25) is 5.91 Å². The highest BCUT2D eigenvalue weighted by molar-refractivity contribution is 5.94. The Balaban J connectivity index is 1.96. The predicted molar refractivity (Wildman–Crippen MR) is 77.2 cm³/mol. The molecule has 0 aliphatic carbocycles. The molecule has 1 heterocycles. The molecule has 1 aromatic carbocycles. The fraction of sp³-hybridized carbons (Fsp3) is 0.467. The minimum absolute atomic E-state index is 0.0405. The zero-order chi connectivity index (χ0) is 14.4. The first-order valence-corrected chi connectivity index (χ1v) is 7.04. The third kappa shape index (κ3) is 3.57. The van der Waals surface area contributed by atoms with Gasteiger partial charge < -0.3 is 15.5 Å². The van der Waals surface area contributed by atoms with Gasteiger partial charge in [-0.05, 0) is 18.6 Å². The molecular weight excluding hydrogens is 254 g/mol. The number of amides is 2. The van der Waals surface area contributed by atoms with Gasteiger partial charge in [-0.1, -0.05) is 18.2 Å². The van der Waals surface area contributed by atoms with E-state index in [1.165, 1.54) is 0 Å². The van der Waals surface area contributed by atoms with Crippen LogP contribution >= 0.6 is 0 Å². The summed E-state index contributed by atoms with van der Waals surface area (Å²) in [6.45, 7) is 2.96. The maximum Gasteiger partial charge on any atom is 0.253 e. The number of carbonyl (C=O) groups is 2. The Morgan fingerprint density at radius 1 is 1.00 bits per heavy atom. The van der Waals surface area contributed by atoms with Gasteiger partial charge in [-0.25, -0.2) is 0 Å². The van der Waals surface area contributed by atoms with Gasteiger partial charge in [-0.15, -0.1) is 0 Å². The summed E-state index contributed by atoms with van der Waals surface area (Å²) in [5, 5.41) is 0. The largest absolute Gasteiger partial charge is 0.341 e. The molecule has 0 unspecified atom stereocenters. The van der Waals surface area contributed by atoms with Gasteiger partial charge in [-0.2, -0.15) is 0 Å². The predicted octanol–water partition coefficient (Wildman–Crippen LogP) is 0.710. The lowest BCUT2D eigenvalue weighted by Crippen LogP contribution is -2.37. The van der Waals surface area contributed by atoms with Gasteiger partial charge in [-0.3, -0.25) is 9.59 Å². The molecule has 20 heavy (non-hydrogen) atoms. The summed E-state index contributed by atoms with van der Waals surface area (Å²) < 4.78 is 0. The van der Waals surface area contributed by atoms with Crippen LogP contribution in [-0.2, 0) is 4.79 Å². The maximum atomic E-state index is 12.4. The van der Waals surface area contributed by atoms with Crippen molar-refractivity contribution in [2.45, 2.75) is 12.8 Å². The standard InChI is InChI=1S/C15H21N3O2/c16-8-7-14(19)17-9-4-10-18(12-11-17)15(20)13-5-2-1-3-6-13/h1-3,5-6H,4,7-12,16H2. The topological polar surface area (TPSA) is 66.6 Å². The Hall–Kier alpha value is -1.88. The van der Waals surface area contributed by atoms with E-state index in [4.69, 9.17) is 5.73 Å². The molecule has 2 rings (SSSR count). The van der Waals surface area contributed by atoms with Crippen LogP contribution in [0.2, 0.25) is 0 Å². The van der Waals surface area contributed by atoms with Gasteiger partial charge in [0.05, 0.1) is 0 Å². The third-order valence-corrected chi connectivity index (χ3v) is 3.51. The van der Waals surface area contributed by atoms with Crippen molar-refractivity contribution < 1.29 is 9.59 Å². The van der Waals surface area contributed by atoms with Gasteiger partial charge in [0.15, 0.2) is 0 Å². The summed E-state index contributed by atoms with van der Waals surface area (Å²) in [4.78, 5) is 27.8. The van der Waals surface area contributed by atoms with E-state index in [2.05, 4.69) is 0 Å². The first kappa shape index (κ1) is 14.5. The molecule has 1 saturated heterocycles. The van der Waals surface area contributed by atoms with Crippen molar-refractivity contribution in [1.29, 1.82) is 0 Å². The summed E-state index contributed by atoms with van der Waals surface area (Å²) in [6, 6.07) is 9.27. The molecular formula is C15H21N3O2. The molecule has 1 aliphatic rings. The van der Waals surface area contributed by atoms with Crippen LogP contribution in [0.1, 0.15) is 23.2 Å². The highest BCUT2D eigenvalue weighted by atomic mass is 16.2. The molecule has 2 N–H and O–H groups in total. The van der Waals surface area contributed by atoms with Crippen molar-refractivity contribution in [3.63, 3.8) is 0 Å². The Labute approximate surface area is 119 Å². The van der Waals surface area contributed by atoms with E-state index in [-0.39, 0.29) is 11.8 Å². The summed E-state index contributed by atoms with van der Waals surface area (Å²) >= 11 is 0. The molecule has 0 atom stereocenters. The van der Waals surface area contributed by atoms with E-state index in [1.54, 1.807) is 0 Å². The number of nitrogens with zero attached hydrogens (tertiary/aromatic N) is 2. The zero-order valence-electron chi connectivity index (χ0n) is 11.6. The molecule has 0 aromatic heterocycles. The van der Waals surface area contributed by atoms with Crippen molar-refractivity contribution in [1.82, 2.24) is 9.80 Å². The highest BCUT2D eigenvalue weighted by Crippen LogP contribution is 2.09. The van der Waals surface area contributed by atoms with Crippen LogP contribution in [0, 0.1) is 0 Å². The molecule has 5 nitrogen and oxygen atoms in total. The second-order valence-electron chi connectivity index (χ2n) is 4.93. The van der Waals surface area contributed by atoms with Gasteiger partial charge in [0.1, 0.15) is 0 Å². The molecule has 1 fully saturated rings. The van der Waals surface area contributed by atoms with Crippen LogP contribution in [0.3, 0.4) is 0 Å². The second kappa shape index (κ2) is 7.05. The van der Waals surface area contributed by atoms with E-state index in [9.17, 15) is 9.59 Å². The van der Waals surface area contributed by atoms with Crippen LogP contribution in [0.4, 0.5) is 0 Å². The van der Waals surface area contributed by atoms with Crippen molar-refractivity contribution in [2.24, 2.45) is 5.73 Å². The van der Waals surface area contributed by atoms with Crippen molar-refractivity contribution in [3.8, 4) is 0 Å². The monoisotopic (exact) mass is 275 g/mol. The molecule has 0 bridgehead atoms. The summed E-state index contributed by atoms with van der Waals surface area (Å²) in [5.41, 5.74) is 6.12. The lowest BCUT2D eigenvalue weighted by molar-refractivity contribution is -0.130.